The number of hydrogen-bond acceptors (Lipinski definition) is 3. The highest BCUT2D eigenvalue weighted by Crippen LogP contribution is 2.06. The van der Waals surface area contributed by atoms with Gasteiger partial charge in [0, 0.05) is 32.4 Å². The van der Waals surface area contributed by atoms with E-state index in [-0.39, 0.29) is 0 Å². The summed E-state index contributed by atoms with van der Waals surface area (Å²) in [4.78, 5) is 0. The molecule has 0 saturated carbocycles. The van der Waals surface area contributed by atoms with Crippen LogP contribution in [0.4, 0.5) is 0 Å². The van der Waals surface area contributed by atoms with Gasteiger partial charge in [0.25, 0.3) is 0 Å². The topological polar surface area (TPSA) is 30.5 Å². The lowest BCUT2D eigenvalue weighted by Crippen LogP contribution is -2.39. The van der Waals surface area contributed by atoms with Crippen LogP contribution in [0.25, 0.3) is 0 Å². The number of nitrogens with one attached hydrogen (secondary N) is 1. The Morgan fingerprint density at radius 2 is 2.15 bits per heavy atom. The molecular formula is C10H21NO2. The van der Waals surface area contributed by atoms with Crippen molar-refractivity contribution in [3.63, 3.8) is 0 Å². The molecule has 3 nitrogen and oxygen atoms in total. The average molecular weight is 187 g/mol. The largest absolute Gasteiger partial charge is 0.381 e. The van der Waals surface area contributed by atoms with Crippen LogP contribution in [-0.2, 0) is 9.47 Å². The summed E-state index contributed by atoms with van der Waals surface area (Å²) in [5, 5.41) is 3.50. The standard InChI is InChI=1S/C10H21NO2/c1-3-13-9(2)8-11-10-4-6-12-7-5-10/h9-11H,3-8H2,1-2H3. The summed E-state index contributed by atoms with van der Waals surface area (Å²) in [6.45, 7) is 7.71. The number of hydrogen-bond donors (Lipinski definition) is 1. The van der Waals surface area contributed by atoms with Crippen LogP contribution >= 0.6 is 0 Å². The third-order valence-corrected chi connectivity index (χ3v) is 2.37. The fourth-order valence-electron chi connectivity index (χ4n) is 1.58. The predicted octanol–water partition coefficient (Wildman–Crippen LogP) is 1.18. The molecule has 13 heavy (non-hydrogen) atoms. The summed E-state index contributed by atoms with van der Waals surface area (Å²) in [5.41, 5.74) is 0. The van der Waals surface area contributed by atoms with Gasteiger partial charge in [-0.3, -0.25) is 0 Å². The van der Waals surface area contributed by atoms with Crippen LogP contribution in [0.5, 0.6) is 0 Å². The Hall–Kier alpha value is -0.120. The van der Waals surface area contributed by atoms with Gasteiger partial charge in [-0.2, -0.15) is 0 Å². The summed E-state index contributed by atoms with van der Waals surface area (Å²) in [5.74, 6) is 0. The molecule has 1 fully saturated rings. The summed E-state index contributed by atoms with van der Waals surface area (Å²) in [6, 6.07) is 0.636. The van der Waals surface area contributed by atoms with E-state index >= 15 is 0 Å². The Labute approximate surface area is 80.8 Å². The zero-order valence-corrected chi connectivity index (χ0v) is 8.71. The average Bonchev–Trinajstić information content (AvgIpc) is 2.17. The van der Waals surface area contributed by atoms with E-state index < -0.39 is 0 Å². The first kappa shape index (κ1) is 11.0. The zero-order chi connectivity index (χ0) is 9.52. The molecule has 0 aromatic heterocycles. The van der Waals surface area contributed by atoms with Gasteiger partial charge in [-0.1, -0.05) is 0 Å². The van der Waals surface area contributed by atoms with Crippen molar-refractivity contribution < 1.29 is 9.47 Å². The highest BCUT2D eigenvalue weighted by Gasteiger charge is 2.13. The SMILES string of the molecule is CCOC(C)CNC1CCOCC1. The van der Waals surface area contributed by atoms with Crippen molar-refractivity contribution in [1.29, 1.82) is 0 Å². The first-order chi connectivity index (χ1) is 6.33. The van der Waals surface area contributed by atoms with Gasteiger partial charge in [0.05, 0.1) is 6.10 Å². The minimum atomic E-state index is 0.327. The van der Waals surface area contributed by atoms with Gasteiger partial charge in [0.2, 0.25) is 0 Å². The van der Waals surface area contributed by atoms with E-state index in [1.54, 1.807) is 0 Å². The summed E-state index contributed by atoms with van der Waals surface area (Å²) >= 11 is 0. The molecule has 1 saturated heterocycles. The fraction of sp³-hybridized carbons (Fsp3) is 1.00. The Bertz CT molecular complexity index is 124. The molecule has 0 aromatic rings. The highest BCUT2D eigenvalue weighted by atomic mass is 16.5. The van der Waals surface area contributed by atoms with Crippen LogP contribution in [0, 0.1) is 0 Å². The van der Waals surface area contributed by atoms with Crippen molar-refractivity contribution in [2.75, 3.05) is 26.4 Å². The first-order valence-corrected chi connectivity index (χ1v) is 5.25. The van der Waals surface area contributed by atoms with E-state index in [0.29, 0.717) is 12.1 Å². The van der Waals surface area contributed by atoms with Crippen LogP contribution in [0.3, 0.4) is 0 Å². The lowest BCUT2D eigenvalue weighted by molar-refractivity contribution is 0.0553. The smallest absolute Gasteiger partial charge is 0.0671 e. The molecule has 1 N–H and O–H groups in total. The molecule has 78 valence electrons. The molecule has 1 aliphatic heterocycles. The van der Waals surface area contributed by atoms with Crippen LogP contribution in [0.15, 0.2) is 0 Å². The fourth-order valence-corrected chi connectivity index (χ4v) is 1.58. The summed E-state index contributed by atoms with van der Waals surface area (Å²) < 4.78 is 10.7. The van der Waals surface area contributed by atoms with E-state index in [1.807, 2.05) is 6.92 Å². The highest BCUT2D eigenvalue weighted by molar-refractivity contribution is 4.71. The Balaban J connectivity index is 2.03. The van der Waals surface area contributed by atoms with E-state index in [2.05, 4.69) is 12.2 Å². The van der Waals surface area contributed by atoms with E-state index in [0.717, 1.165) is 39.2 Å². The molecule has 0 aliphatic carbocycles. The van der Waals surface area contributed by atoms with Gasteiger partial charge in [0.15, 0.2) is 0 Å². The summed E-state index contributed by atoms with van der Waals surface area (Å²) in [6.07, 6.45) is 2.60. The minimum absolute atomic E-state index is 0.327. The molecule has 3 heteroatoms. The lowest BCUT2D eigenvalue weighted by Gasteiger charge is -2.24. The van der Waals surface area contributed by atoms with Crippen LogP contribution in [0.2, 0.25) is 0 Å². The van der Waals surface area contributed by atoms with Crippen molar-refractivity contribution in [2.24, 2.45) is 0 Å². The first-order valence-electron chi connectivity index (χ1n) is 5.25. The van der Waals surface area contributed by atoms with Gasteiger partial charge in [-0.15, -0.1) is 0 Å². The Morgan fingerprint density at radius 3 is 2.77 bits per heavy atom. The molecule has 0 bridgehead atoms. The molecular weight excluding hydrogens is 166 g/mol. The molecule has 0 radical (unpaired) electrons. The van der Waals surface area contributed by atoms with Crippen molar-refractivity contribution >= 4 is 0 Å². The zero-order valence-electron chi connectivity index (χ0n) is 8.71. The molecule has 1 unspecified atom stereocenters. The predicted molar refractivity (Wildman–Crippen MR) is 52.9 cm³/mol. The van der Waals surface area contributed by atoms with Crippen LogP contribution < -0.4 is 5.32 Å². The van der Waals surface area contributed by atoms with Crippen molar-refractivity contribution in [3.05, 3.63) is 0 Å². The normalized spacial score (nSPS) is 21.7. The van der Waals surface area contributed by atoms with E-state index in [4.69, 9.17) is 9.47 Å². The van der Waals surface area contributed by atoms with Gasteiger partial charge in [-0.05, 0) is 26.7 Å². The maximum atomic E-state index is 5.44. The monoisotopic (exact) mass is 187 g/mol. The minimum Gasteiger partial charge on any atom is -0.381 e. The second-order valence-electron chi connectivity index (χ2n) is 3.56. The second kappa shape index (κ2) is 6.35. The molecule has 1 rings (SSSR count). The molecule has 0 amide bonds. The van der Waals surface area contributed by atoms with Gasteiger partial charge in [-0.25, -0.2) is 0 Å². The van der Waals surface area contributed by atoms with Crippen LogP contribution in [-0.4, -0.2) is 38.5 Å². The van der Waals surface area contributed by atoms with Gasteiger partial charge >= 0.3 is 0 Å². The Morgan fingerprint density at radius 1 is 1.46 bits per heavy atom. The maximum absolute atomic E-state index is 5.44. The number of ether oxygens (including phenoxy) is 2. The molecule has 1 aliphatic rings. The third kappa shape index (κ3) is 4.60. The third-order valence-electron chi connectivity index (χ3n) is 2.37. The molecule has 1 heterocycles. The van der Waals surface area contributed by atoms with E-state index in [1.165, 1.54) is 0 Å². The number of rotatable bonds is 5. The second-order valence-corrected chi connectivity index (χ2v) is 3.56. The lowest BCUT2D eigenvalue weighted by atomic mass is 10.1. The summed E-state index contributed by atoms with van der Waals surface area (Å²) in [7, 11) is 0. The quantitative estimate of drug-likeness (QED) is 0.701. The van der Waals surface area contributed by atoms with Crippen molar-refractivity contribution in [2.45, 2.75) is 38.8 Å². The molecule has 0 spiro atoms. The van der Waals surface area contributed by atoms with Crippen LogP contribution in [0.1, 0.15) is 26.7 Å². The van der Waals surface area contributed by atoms with E-state index in [9.17, 15) is 0 Å². The van der Waals surface area contributed by atoms with Crippen molar-refractivity contribution in [3.8, 4) is 0 Å². The maximum Gasteiger partial charge on any atom is 0.0671 e. The van der Waals surface area contributed by atoms with Gasteiger partial charge in [0.1, 0.15) is 0 Å². The Kier molecular flexibility index (Phi) is 5.35. The molecule has 1 atom stereocenters. The van der Waals surface area contributed by atoms with Gasteiger partial charge < -0.3 is 14.8 Å². The van der Waals surface area contributed by atoms with Crippen molar-refractivity contribution in [1.82, 2.24) is 5.32 Å². The molecule has 0 aromatic carbocycles.